The van der Waals surface area contributed by atoms with E-state index in [9.17, 15) is 63.6 Å². The lowest BCUT2D eigenvalue weighted by molar-refractivity contribution is -0.139. The number of hydrogen-bond donors (Lipinski definition) is 13. The third-order valence-electron chi connectivity index (χ3n) is 11.3. The molecule has 9 atom stereocenters. The van der Waals surface area contributed by atoms with Gasteiger partial charge in [0.05, 0.1) is 77.4 Å². The molecule has 1 aliphatic heterocycles. The van der Waals surface area contributed by atoms with Crippen molar-refractivity contribution in [3.8, 4) is 0 Å². The number of carbonyl (C=O) groups is 9. The van der Waals surface area contributed by atoms with Gasteiger partial charge in [-0.2, -0.15) is 12.6 Å². The maximum atomic E-state index is 14.0. The van der Waals surface area contributed by atoms with Crippen molar-refractivity contribution in [2.45, 2.75) is 113 Å². The highest BCUT2D eigenvalue weighted by Gasteiger charge is 2.36. The number of thiol groups is 1. The summed E-state index contributed by atoms with van der Waals surface area (Å²) in [4.78, 5) is 115. The van der Waals surface area contributed by atoms with E-state index < -0.39 is 102 Å². The van der Waals surface area contributed by atoms with Gasteiger partial charge in [-0.3, -0.25) is 38.5 Å². The third-order valence-corrected chi connectivity index (χ3v) is 12.3. The topological polar surface area (TPSA) is 402 Å². The maximum Gasteiger partial charge on any atom is 0.323 e. The summed E-state index contributed by atoms with van der Waals surface area (Å²) in [7, 11) is -0.0299. The molecular weight excluding hydrogens is 1040 g/mol. The van der Waals surface area contributed by atoms with Gasteiger partial charge < -0.3 is 86.9 Å². The fraction of sp³-hybridized carbons (Fsp3) is 0.681. The summed E-state index contributed by atoms with van der Waals surface area (Å²) in [6, 6.07) is 1.92. The van der Waals surface area contributed by atoms with Crippen LogP contribution in [0.4, 0.5) is 15.3 Å². The van der Waals surface area contributed by atoms with Gasteiger partial charge in [0.2, 0.25) is 41.4 Å². The summed E-state index contributed by atoms with van der Waals surface area (Å²) in [5.41, 5.74) is 5.86. The molecule has 2 unspecified atom stereocenters. The summed E-state index contributed by atoms with van der Waals surface area (Å²) in [6.45, 7) is 5.11. The molecule has 0 spiro atoms. The number of ether oxygens (including phenoxy) is 5. The number of nitrogens with one attached hydrogen (secondary N) is 6. The normalized spacial score (nSPS) is 16.3. The molecule has 430 valence electrons. The molecule has 1 aromatic rings. The molecule has 0 radical (unpaired) electrons. The first-order valence-electron chi connectivity index (χ1n) is 24.8. The third kappa shape index (κ3) is 26.8. The lowest BCUT2D eigenvalue weighted by atomic mass is 10.0. The summed E-state index contributed by atoms with van der Waals surface area (Å²) >= 11 is 4.08. The van der Waals surface area contributed by atoms with Crippen molar-refractivity contribution < 1.29 is 92.4 Å². The minimum Gasteiger partial charge on any atom is -0.458 e. The Bertz CT molecular complexity index is 2000. The van der Waals surface area contributed by atoms with E-state index in [2.05, 4.69) is 44.5 Å². The number of anilines is 1. The molecule has 1 fully saturated rings. The Kier molecular flexibility index (Phi) is 33.1. The van der Waals surface area contributed by atoms with Crippen molar-refractivity contribution in [2.75, 3.05) is 91.1 Å². The Balaban J connectivity index is 2.02. The Labute approximate surface area is 448 Å². The van der Waals surface area contributed by atoms with E-state index in [4.69, 9.17) is 34.5 Å². The monoisotopic (exact) mass is 1120 g/mol. The summed E-state index contributed by atoms with van der Waals surface area (Å²) in [6.07, 6.45) is -7.61. The van der Waals surface area contributed by atoms with E-state index >= 15 is 0 Å². The predicted molar refractivity (Wildman–Crippen MR) is 277 cm³/mol. The largest absolute Gasteiger partial charge is 0.458 e. The molecule has 29 heteroatoms. The number of amides is 9. The van der Waals surface area contributed by atoms with E-state index in [0.717, 1.165) is 4.90 Å². The van der Waals surface area contributed by atoms with Crippen LogP contribution >= 0.6 is 21.2 Å². The smallest absolute Gasteiger partial charge is 0.323 e. The molecule has 27 nitrogen and oxygen atoms in total. The van der Waals surface area contributed by atoms with Gasteiger partial charge in [-0.1, -0.05) is 26.0 Å². The van der Waals surface area contributed by atoms with Crippen LogP contribution in [0.5, 0.6) is 0 Å². The van der Waals surface area contributed by atoms with E-state index in [1.807, 2.05) is 0 Å². The number of nitrogens with zero attached hydrogens (tertiary/aromatic N) is 1. The van der Waals surface area contributed by atoms with Gasteiger partial charge >= 0.3 is 11.7 Å². The Morgan fingerprint density at radius 3 is 1.88 bits per heavy atom. The van der Waals surface area contributed by atoms with Gasteiger partial charge in [0.25, 0.3) is 0 Å². The highest BCUT2D eigenvalue weighted by Crippen LogP contribution is 2.18. The Morgan fingerprint density at radius 1 is 0.737 bits per heavy atom. The number of nitrogens with two attached hydrogens (primary N) is 1. The van der Waals surface area contributed by atoms with Gasteiger partial charge in [-0.15, -0.1) is 0 Å². The summed E-state index contributed by atoms with van der Waals surface area (Å²) in [5, 5.41) is 63.6. The molecule has 1 heterocycles. The van der Waals surface area contributed by atoms with E-state index in [-0.39, 0.29) is 144 Å². The number of carbonyl (C=O) groups excluding carboxylic acids is 9. The molecule has 0 saturated carbocycles. The summed E-state index contributed by atoms with van der Waals surface area (Å²) < 4.78 is 27.0. The first-order valence-corrected chi connectivity index (χ1v) is 26.8. The number of rotatable bonds is 40. The average Bonchev–Trinajstić information content (AvgIpc) is 3.63. The first kappa shape index (κ1) is 67.0. The van der Waals surface area contributed by atoms with E-state index in [1.54, 1.807) is 44.8 Å². The van der Waals surface area contributed by atoms with Crippen molar-refractivity contribution in [2.24, 2.45) is 11.7 Å². The van der Waals surface area contributed by atoms with Gasteiger partial charge in [0, 0.05) is 38.0 Å². The number of imide groups is 1. The SMILES string of the molecule is CPC(=O)OCc1ccc(NC(=O)[C@H](CCCNC(N)=O)NC(=O)[C@@H](NC(=O)[C@@H](CCCC(=O)NC[C@H](O)[C@@H](O)[C@H](O)[C@H](O)CO)NC(=O)CCOCCOCCOCCOCCN2C(=O)CC(S)C2=O)C(C)C)cc1. The van der Waals surface area contributed by atoms with Crippen LogP contribution in [0.25, 0.3) is 0 Å². The van der Waals surface area contributed by atoms with Crippen LogP contribution in [-0.4, -0.2) is 217 Å². The zero-order valence-corrected chi connectivity index (χ0v) is 45.0. The molecule has 0 bridgehead atoms. The highest BCUT2D eigenvalue weighted by atomic mass is 32.1. The number of urea groups is 1. The fourth-order valence-electron chi connectivity index (χ4n) is 6.95. The van der Waals surface area contributed by atoms with Gasteiger partial charge in [-0.05, 0) is 64.5 Å². The predicted octanol–water partition coefficient (Wildman–Crippen LogP) is -2.63. The zero-order valence-electron chi connectivity index (χ0n) is 43.1. The van der Waals surface area contributed by atoms with Crippen LogP contribution in [0, 0.1) is 5.92 Å². The number of hydrogen-bond acceptors (Lipinski definition) is 20. The fourth-order valence-corrected chi connectivity index (χ4v) is 7.46. The molecule has 76 heavy (non-hydrogen) atoms. The summed E-state index contributed by atoms with van der Waals surface area (Å²) in [5.74, 6) is -4.65. The quantitative estimate of drug-likeness (QED) is 0.0138. The van der Waals surface area contributed by atoms with Crippen LogP contribution in [0.1, 0.15) is 64.4 Å². The second-order valence-electron chi connectivity index (χ2n) is 17.7. The number of primary amides is 1. The molecule has 9 amide bonds. The minimum absolute atomic E-state index is 0.0231. The van der Waals surface area contributed by atoms with Gasteiger partial charge in [0.15, 0.2) is 0 Å². The van der Waals surface area contributed by atoms with Crippen molar-refractivity contribution in [1.82, 2.24) is 31.5 Å². The molecule has 13 N–H and O–H groups in total. The molecule has 0 aliphatic carbocycles. The van der Waals surface area contributed by atoms with Gasteiger partial charge in [0.1, 0.15) is 43.0 Å². The lowest BCUT2D eigenvalue weighted by Gasteiger charge is -2.27. The van der Waals surface area contributed by atoms with E-state index in [1.165, 1.54) is 0 Å². The van der Waals surface area contributed by atoms with Crippen LogP contribution in [-0.2, 0) is 63.9 Å². The number of likely N-dealkylation sites (tertiary alicyclic amines) is 1. The lowest BCUT2D eigenvalue weighted by Crippen LogP contribution is -2.57. The van der Waals surface area contributed by atoms with Crippen molar-refractivity contribution >= 4 is 80.0 Å². The molecule has 0 aromatic heterocycles. The molecule has 1 aliphatic rings. The molecule has 1 saturated heterocycles. The van der Waals surface area contributed by atoms with Crippen LogP contribution in [0.2, 0.25) is 0 Å². The minimum atomic E-state index is -1.92. The number of aliphatic hydroxyl groups is 5. The maximum absolute atomic E-state index is 14.0. The second kappa shape index (κ2) is 37.6. The second-order valence-corrected chi connectivity index (χ2v) is 19.2. The van der Waals surface area contributed by atoms with Crippen molar-refractivity contribution in [1.29, 1.82) is 0 Å². The first-order chi connectivity index (χ1) is 36.2. The van der Waals surface area contributed by atoms with Crippen molar-refractivity contribution in [3.63, 3.8) is 0 Å². The number of benzene rings is 1. The van der Waals surface area contributed by atoms with Crippen molar-refractivity contribution in [3.05, 3.63) is 29.8 Å². The molecule has 2 rings (SSSR count). The van der Waals surface area contributed by atoms with Crippen LogP contribution in [0.3, 0.4) is 0 Å². The standard InChI is InChI=1S/C47H77N8O19PS/c1-28(2)39(44(66)53-32(7-5-14-49-46(48)68)42(64)51-30-11-9-29(10-12-30)27-74-47(69)75-3)54-43(65)31(6-4-8-36(59)50-25-33(57)40(62)41(63)34(58)26-56)52-37(60)13-16-70-18-20-72-22-23-73-21-19-71-17-15-55-38(61)24-35(76)45(55)67/h9-12,28,31-35,39-41,56-58,62-63,75-76H,4-8,13-27H2,1-3H3,(H,50,59)(H,51,64)(H,52,60)(H,53,66)(H,54,65)(H3,48,49,68)/t31-,32+,33+,34-,35?,39+,40-,41-/m1/s1. The zero-order chi connectivity index (χ0) is 56.6. The highest BCUT2D eigenvalue weighted by molar-refractivity contribution is 7.81. The van der Waals surface area contributed by atoms with Gasteiger partial charge in [-0.25, -0.2) is 9.59 Å². The number of aliphatic hydroxyl groups excluding tert-OH is 5. The Hall–Kier alpha value is -5.13. The Morgan fingerprint density at radius 2 is 1.32 bits per heavy atom. The molecular formula is C47H77N8O19PS. The van der Waals surface area contributed by atoms with Crippen LogP contribution < -0.4 is 37.6 Å². The molecule has 1 aromatic carbocycles. The van der Waals surface area contributed by atoms with E-state index in [0.29, 0.717) is 11.3 Å². The average molecular weight is 1120 g/mol. The van der Waals surface area contributed by atoms with Crippen LogP contribution in [0.15, 0.2) is 24.3 Å².